The van der Waals surface area contributed by atoms with Gasteiger partial charge in [0.05, 0.1) is 0 Å². The Balaban J connectivity index is 1.91. The average molecular weight is 243 g/mol. The number of fused-ring (bicyclic) bond motifs is 2. The molecular formula is C15H17NO2. The number of rotatable bonds is 3. The van der Waals surface area contributed by atoms with E-state index in [1.165, 1.54) is 5.56 Å². The molecule has 2 aliphatic rings. The van der Waals surface area contributed by atoms with Crippen molar-refractivity contribution in [2.24, 2.45) is 5.92 Å². The van der Waals surface area contributed by atoms with Gasteiger partial charge in [0, 0.05) is 18.0 Å². The highest BCUT2D eigenvalue weighted by molar-refractivity contribution is 5.75. The van der Waals surface area contributed by atoms with Crippen LogP contribution in [0.15, 0.2) is 42.5 Å². The van der Waals surface area contributed by atoms with Crippen molar-refractivity contribution < 1.29 is 9.90 Å². The Bertz CT molecular complexity index is 483. The summed E-state index contributed by atoms with van der Waals surface area (Å²) in [5.74, 6) is -0.520. The van der Waals surface area contributed by atoms with Crippen LogP contribution in [0.4, 0.5) is 0 Å². The van der Waals surface area contributed by atoms with E-state index in [0.29, 0.717) is 0 Å². The second-order valence-electron chi connectivity index (χ2n) is 5.17. The number of carboxylic acid groups (broad SMARTS) is 1. The van der Waals surface area contributed by atoms with Gasteiger partial charge in [0.2, 0.25) is 0 Å². The number of carboxylic acids is 1. The van der Waals surface area contributed by atoms with Gasteiger partial charge in [-0.3, -0.25) is 9.69 Å². The minimum Gasteiger partial charge on any atom is -0.480 e. The highest BCUT2D eigenvalue weighted by Crippen LogP contribution is 2.42. The van der Waals surface area contributed by atoms with E-state index in [4.69, 9.17) is 0 Å². The number of likely N-dealkylation sites (tertiary alicyclic amines) is 1. The Morgan fingerprint density at radius 2 is 2.06 bits per heavy atom. The van der Waals surface area contributed by atoms with Crippen LogP contribution in [0.5, 0.6) is 0 Å². The topological polar surface area (TPSA) is 40.5 Å². The van der Waals surface area contributed by atoms with Gasteiger partial charge in [-0.2, -0.15) is 0 Å². The molecule has 1 aromatic carbocycles. The lowest BCUT2D eigenvalue weighted by Gasteiger charge is -2.35. The fourth-order valence-corrected chi connectivity index (χ4v) is 3.33. The molecule has 1 aliphatic heterocycles. The smallest absolute Gasteiger partial charge is 0.321 e. The molecule has 3 heteroatoms. The molecule has 0 spiro atoms. The summed E-state index contributed by atoms with van der Waals surface area (Å²) in [4.78, 5) is 13.6. The maximum absolute atomic E-state index is 11.5. The maximum Gasteiger partial charge on any atom is 0.321 e. The molecule has 18 heavy (non-hydrogen) atoms. The van der Waals surface area contributed by atoms with E-state index in [2.05, 4.69) is 36.1 Å². The second-order valence-corrected chi connectivity index (χ2v) is 5.17. The summed E-state index contributed by atoms with van der Waals surface area (Å²) in [7, 11) is 0. The van der Waals surface area contributed by atoms with Crippen LogP contribution >= 0.6 is 0 Å². The summed E-state index contributed by atoms with van der Waals surface area (Å²) in [6.45, 7) is 2.10. The van der Waals surface area contributed by atoms with Gasteiger partial charge in [-0.25, -0.2) is 0 Å². The normalized spacial score (nSPS) is 31.7. The van der Waals surface area contributed by atoms with Crippen LogP contribution in [-0.4, -0.2) is 28.1 Å². The van der Waals surface area contributed by atoms with E-state index in [0.717, 1.165) is 6.42 Å². The molecule has 4 atom stereocenters. The second kappa shape index (κ2) is 4.25. The Morgan fingerprint density at radius 1 is 1.33 bits per heavy atom. The molecule has 1 aliphatic carbocycles. The third kappa shape index (κ3) is 1.66. The van der Waals surface area contributed by atoms with E-state index in [-0.39, 0.29) is 24.0 Å². The largest absolute Gasteiger partial charge is 0.480 e. The number of benzene rings is 1. The van der Waals surface area contributed by atoms with Gasteiger partial charge in [0.1, 0.15) is 6.04 Å². The summed E-state index contributed by atoms with van der Waals surface area (Å²) < 4.78 is 0. The van der Waals surface area contributed by atoms with Crippen molar-refractivity contribution in [2.45, 2.75) is 31.5 Å². The molecule has 2 bridgehead atoms. The number of hydrogen-bond donors (Lipinski definition) is 1. The Labute approximate surface area is 107 Å². The summed E-state index contributed by atoms with van der Waals surface area (Å²) in [5, 5.41) is 9.43. The first kappa shape index (κ1) is 11.5. The lowest BCUT2D eigenvalue weighted by atomic mass is 9.99. The van der Waals surface area contributed by atoms with Crippen LogP contribution < -0.4 is 0 Å². The van der Waals surface area contributed by atoms with Crippen molar-refractivity contribution in [2.75, 3.05) is 0 Å². The molecule has 0 amide bonds. The summed E-state index contributed by atoms with van der Waals surface area (Å²) in [6, 6.07) is 10.2. The lowest BCUT2D eigenvalue weighted by Crippen LogP contribution is -2.45. The first-order chi connectivity index (χ1) is 8.68. The van der Waals surface area contributed by atoms with Gasteiger partial charge >= 0.3 is 5.97 Å². The Kier molecular flexibility index (Phi) is 2.71. The molecular weight excluding hydrogens is 226 g/mol. The minimum absolute atomic E-state index is 0.146. The molecule has 0 saturated carbocycles. The molecule has 0 radical (unpaired) electrons. The van der Waals surface area contributed by atoms with E-state index >= 15 is 0 Å². The lowest BCUT2D eigenvalue weighted by molar-refractivity contribution is -0.144. The molecule has 0 aromatic heterocycles. The maximum atomic E-state index is 11.5. The van der Waals surface area contributed by atoms with Crippen molar-refractivity contribution >= 4 is 5.97 Å². The third-order valence-corrected chi connectivity index (χ3v) is 4.19. The molecule has 1 N–H and O–H groups in total. The molecule has 3 nitrogen and oxygen atoms in total. The summed E-state index contributed by atoms with van der Waals surface area (Å²) in [5.41, 5.74) is 1.18. The van der Waals surface area contributed by atoms with Crippen molar-refractivity contribution in [1.29, 1.82) is 0 Å². The first-order valence-electron chi connectivity index (χ1n) is 6.42. The molecule has 1 heterocycles. The number of nitrogens with zero attached hydrogens (tertiary/aromatic N) is 1. The Morgan fingerprint density at radius 3 is 2.72 bits per heavy atom. The zero-order valence-corrected chi connectivity index (χ0v) is 10.4. The Hall–Kier alpha value is -1.61. The predicted octanol–water partition coefficient (Wildman–Crippen LogP) is 2.46. The van der Waals surface area contributed by atoms with Crippen molar-refractivity contribution in [1.82, 2.24) is 4.90 Å². The summed E-state index contributed by atoms with van der Waals surface area (Å²) >= 11 is 0. The molecule has 1 saturated heterocycles. The fourth-order valence-electron chi connectivity index (χ4n) is 3.33. The molecule has 94 valence electrons. The number of hydrogen-bond acceptors (Lipinski definition) is 2. The van der Waals surface area contributed by atoms with Crippen molar-refractivity contribution in [3.8, 4) is 0 Å². The van der Waals surface area contributed by atoms with Crippen LogP contribution in [0.3, 0.4) is 0 Å². The molecule has 1 aromatic rings. The van der Waals surface area contributed by atoms with E-state index in [1.807, 2.05) is 18.2 Å². The van der Waals surface area contributed by atoms with Crippen LogP contribution in [-0.2, 0) is 4.79 Å². The number of carbonyl (C=O) groups is 1. The zero-order chi connectivity index (χ0) is 12.7. The quantitative estimate of drug-likeness (QED) is 0.829. The van der Waals surface area contributed by atoms with Gasteiger partial charge in [-0.1, -0.05) is 42.5 Å². The van der Waals surface area contributed by atoms with Crippen LogP contribution in [0, 0.1) is 5.92 Å². The monoisotopic (exact) mass is 243 g/mol. The zero-order valence-electron chi connectivity index (χ0n) is 10.4. The van der Waals surface area contributed by atoms with Crippen LogP contribution in [0.2, 0.25) is 0 Å². The van der Waals surface area contributed by atoms with Crippen LogP contribution in [0.25, 0.3) is 0 Å². The van der Waals surface area contributed by atoms with Crippen LogP contribution in [0.1, 0.15) is 24.9 Å². The standard InChI is InChI=1S/C15H17NO2/c1-10(11-5-3-2-4-6-11)16-13-8-7-12(9-13)14(16)15(17)18/h2-8,10,12-14H,9H2,1H3,(H,17,18)/t10-,12+,13-,14+/m0/s1. The fraction of sp³-hybridized carbons (Fsp3) is 0.400. The van der Waals surface area contributed by atoms with E-state index in [9.17, 15) is 9.90 Å². The summed E-state index contributed by atoms with van der Waals surface area (Å²) in [6.07, 6.45) is 5.18. The molecule has 3 rings (SSSR count). The predicted molar refractivity (Wildman–Crippen MR) is 69.2 cm³/mol. The van der Waals surface area contributed by atoms with Gasteiger partial charge in [0.25, 0.3) is 0 Å². The highest BCUT2D eigenvalue weighted by Gasteiger charge is 2.48. The van der Waals surface area contributed by atoms with E-state index in [1.54, 1.807) is 0 Å². The first-order valence-corrected chi connectivity index (χ1v) is 6.42. The molecule has 1 fully saturated rings. The van der Waals surface area contributed by atoms with Crippen molar-refractivity contribution in [3.05, 3.63) is 48.0 Å². The SMILES string of the molecule is C[C@@H](c1ccccc1)N1[C@H]2C=C[C@H](C2)[C@@H]1C(=O)O. The third-order valence-electron chi connectivity index (χ3n) is 4.19. The van der Waals surface area contributed by atoms with Gasteiger partial charge in [-0.15, -0.1) is 0 Å². The average Bonchev–Trinajstić information content (AvgIpc) is 2.99. The highest BCUT2D eigenvalue weighted by atomic mass is 16.4. The van der Waals surface area contributed by atoms with E-state index < -0.39 is 5.97 Å². The minimum atomic E-state index is -0.699. The van der Waals surface area contributed by atoms with Gasteiger partial charge < -0.3 is 5.11 Å². The van der Waals surface area contributed by atoms with Crippen molar-refractivity contribution in [3.63, 3.8) is 0 Å². The number of aliphatic carboxylic acids is 1. The van der Waals surface area contributed by atoms with Gasteiger partial charge in [-0.05, 0) is 18.9 Å². The molecule has 0 unspecified atom stereocenters. The van der Waals surface area contributed by atoms with Gasteiger partial charge in [0.15, 0.2) is 0 Å².